The van der Waals surface area contributed by atoms with E-state index in [2.05, 4.69) is 25.9 Å². The third-order valence-electron chi connectivity index (χ3n) is 4.77. The van der Waals surface area contributed by atoms with Crippen molar-refractivity contribution in [2.24, 2.45) is 0 Å². The van der Waals surface area contributed by atoms with E-state index in [1.54, 1.807) is 6.07 Å². The van der Waals surface area contributed by atoms with Gasteiger partial charge < -0.3 is 26.6 Å². The van der Waals surface area contributed by atoms with E-state index >= 15 is 0 Å². The molecule has 13 heteroatoms. The molecule has 1 fully saturated rings. The van der Waals surface area contributed by atoms with E-state index in [1.807, 2.05) is 4.90 Å². The molecule has 1 aliphatic heterocycles. The summed E-state index contributed by atoms with van der Waals surface area (Å²) >= 11 is 0.350. The molecule has 2 aromatic rings. The van der Waals surface area contributed by atoms with Crippen molar-refractivity contribution in [1.29, 1.82) is 5.41 Å². The second kappa shape index (κ2) is 9.06. The number of nitrogen functional groups attached to an aromatic ring is 1. The molecule has 0 saturated carbocycles. The van der Waals surface area contributed by atoms with E-state index in [1.165, 1.54) is 20.2 Å². The van der Waals surface area contributed by atoms with E-state index < -0.39 is 23.0 Å². The number of piperazine rings is 1. The summed E-state index contributed by atoms with van der Waals surface area (Å²) < 4.78 is 40.0. The number of alkyl halides is 3. The molecule has 1 amide bonds. The van der Waals surface area contributed by atoms with Gasteiger partial charge in [0.25, 0.3) is 5.91 Å². The molecule has 3 heterocycles. The Balaban J connectivity index is 1.91. The van der Waals surface area contributed by atoms with Crippen LogP contribution in [0.25, 0.3) is 0 Å². The lowest BCUT2D eigenvalue weighted by Gasteiger charge is -2.29. The zero-order valence-corrected chi connectivity index (χ0v) is 17.7. The number of hydrogen-bond acceptors (Lipinski definition) is 8. The van der Waals surface area contributed by atoms with Crippen LogP contribution in [0.4, 0.5) is 24.1 Å². The Labute approximate surface area is 180 Å². The molecule has 1 saturated heterocycles. The Kier molecular flexibility index (Phi) is 6.65. The molecule has 0 radical (unpaired) electrons. The van der Waals surface area contributed by atoms with Crippen LogP contribution in [0.5, 0.6) is 0 Å². The van der Waals surface area contributed by atoms with Gasteiger partial charge in [0.2, 0.25) is 0 Å². The zero-order chi connectivity index (χ0) is 22.8. The molecular weight excluding hydrogens is 433 g/mol. The van der Waals surface area contributed by atoms with E-state index in [0.29, 0.717) is 30.2 Å². The van der Waals surface area contributed by atoms with Gasteiger partial charge in [-0.05, 0) is 13.0 Å². The van der Waals surface area contributed by atoms with Crippen LogP contribution in [-0.2, 0) is 6.18 Å². The predicted octanol–water partition coefficient (Wildman–Crippen LogP) is 1.58. The van der Waals surface area contributed by atoms with Crippen molar-refractivity contribution in [2.75, 3.05) is 43.9 Å². The van der Waals surface area contributed by atoms with Gasteiger partial charge in [0.15, 0.2) is 5.13 Å². The monoisotopic (exact) mass is 456 g/mol. The number of amides is 1. The first-order chi connectivity index (χ1) is 14.6. The van der Waals surface area contributed by atoms with Crippen LogP contribution in [0.3, 0.4) is 0 Å². The maximum atomic E-state index is 13.3. The Morgan fingerprint density at radius 2 is 2.03 bits per heavy atom. The van der Waals surface area contributed by atoms with Gasteiger partial charge in [-0.1, -0.05) is 11.3 Å². The van der Waals surface area contributed by atoms with E-state index in [4.69, 9.17) is 11.1 Å². The highest BCUT2D eigenvalue weighted by atomic mass is 32.1. The van der Waals surface area contributed by atoms with Gasteiger partial charge in [-0.2, -0.15) is 13.2 Å². The van der Waals surface area contributed by atoms with Crippen LogP contribution in [0.1, 0.15) is 39.5 Å². The van der Waals surface area contributed by atoms with Gasteiger partial charge in [-0.25, -0.2) is 9.97 Å². The van der Waals surface area contributed by atoms with E-state index in [0.717, 1.165) is 13.1 Å². The van der Waals surface area contributed by atoms with Gasteiger partial charge >= 0.3 is 6.18 Å². The lowest BCUT2D eigenvalue weighted by molar-refractivity contribution is -0.135. The Hall–Kier alpha value is -2.93. The fourth-order valence-corrected chi connectivity index (χ4v) is 4.04. The SMILES string of the molecule is CNC(=O)c1cnc(N2CCNCC2)cc1C(=N)N[C@H](C)c1nc(N)sc1C(F)(F)F. The van der Waals surface area contributed by atoms with Crippen molar-refractivity contribution >= 4 is 34.0 Å². The summed E-state index contributed by atoms with van der Waals surface area (Å²) in [6.07, 6.45) is -3.24. The van der Waals surface area contributed by atoms with E-state index in [9.17, 15) is 18.0 Å². The molecule has 2 aromatic heterocycles. The second-order valence-corrected chi connectivity index (χ2v) is 7.94. The summed E-state index contributed by atoms with van der Waals surface area (Å²) in [5, 5.41) is 16.7. The van der Waals surface area contributed by atoms with Crippen molar-refractivity contribution in [1.82, 2.24) is 25.9 Å². The molecule has 0 aromatic carbocycles. The highest BCUT2D eigenvalue weighted by Crippen LogP contribution is 2.39. The second-order valence-electron chi connectivity index (χ2n) is 6.91. The molecular formula is C18H23F3N8OS. The number of nitrogens with two attached hydrogens (primary N) is 1. The number of carbonyl (C=O) groups excluding carboxylic acids is 1. The first-order valence-corrected chi connectivity index (χ1v) is 10.3. The molecule has 9 nitrogen and oxygen atoms in total. The number of hydrogen-bond donors (Lipinski definition) is 5. The molecule has 3 rings (SSSR count). The first-order valence-electron chi connectivity index (χ1n) is 9.48. The number of rotatable bonds is 5. The number of nitrogens with one attached hydrogen (secondary N) is 4. The number of nitrogens with zero attached hydrogens (tertiary/aromatic N) is 3. The standard InChI is InChI=1S/C18H23F3N8OS/c1-9(13-14(18(19,20)21)31-17(23)28-13)27-15(22)10-7-12(29-5-3-25-4-6-29)26-8-11(10)16(30)24-2/h7-9,25H,3-6H2,1-2H3,(H2,22,27)(H2,23,28)(H,24,30)/t9-/m1/s1. The first kappa shape index (κ1) is 22.7. The smallest absolute Gasteiger partial charge is 0.375 e. The van der Waals surface area contributed by atoms with Gasteiger partial charge in [0, 0.05) is 45.0 Å². The lowest BCUT2D eigenvalue weighted by atomic mass is 10.1. The topological polar surface area (TPSA) is 132 Å². The number of aromatic nitrogens is 2. The zero-order valence-electron chi connectivity index (χ0n) is 16.9. The Morgan fingerprint density at radius 3 is 2.65 bits per heavy atom. The summed E-state index contributed by atoms with van der Waals surface area (Å²) in [5.74, 6) is -0.0933. The Morgan fingerprint density at radius 1 is 1.35 bits per heavy atom. The summed E-state index contributed by atoms with van der Waals surface area (Å²) in [4.78, 5) is 21.5. The maximum Gasteiger partial charge on any atom is 0.427 e. The van der Waals surface area contributed by atoms with Crippen molar-refractivity contribution in [3.05, 3.63) is 34.0 Å². The van der Waals surface area contributed by atoms with Gasteiger partial charge in [-0.3, -0.25) is 10.2 Å². The van der Waals surface area contributed by atoms with Crippen LogP contribution in [0, 0.1) is 5.41 Å². The number of amidine groups is 1. The number of carbonyl (C=O) groups is 1. The molecule has 1 atom stereocenters. The molecule has 1 aliphatic rings. The molecule has 31 heavy (non-hydrogen) atoms. The van der Waals surface area contributed by atoms with Gasteiger partial charge in [0.05, 0.1) is 17.3 Å². The quantitative estimate of drug-likeness (QED) is 0.341. The number of pyridine rings is 1. The van der Waals surface area contributed by atoms with Crippen LogP contribution in [0.15, 0.2) is 12.3 Å². The lowest BCUT2D eigenvalue weighted by Crippen LogP contribution is -2.44. The number of anilines is 2. The average Bonchev–Trinajstić information content (AvgIpc) is 3.16. The highest BCUT2D eigenvalue weighted by molar-refractivity contribution is 7.15. The Bertz CT molecular complexity index is 971. The minimum Gasteiger partial charge on any atom is -0.375 e. The molecule has 0 bridgehead atoms. The summed E-state index contributed by atoms with van der Waals surface area (Å²) in [6.45, 7) is 4.40. The average molecular weight is 456 g/mol. The largest absolute Gasteiger partial charge is 0.427 e. The minimum atomic E-state index is -4.61. The summed E-state index contributed by atoms with van der Waals surface area (Å²) in [6, 6.07) is 0.629. The maximum absolute atomic E-state index is 13.3. The third kappa shape index (κ3) is 5.05. The number of halogens is 3. The predicted molar refractivity (Wildman–Crippen MR) is 113 cm³/mol. The van der Waals surface area contributed by atoms with Crippen molar-refractivity contribution < 1.29 is 18.0 Å². The molecule has 0 spiro atoms. The molecule has 6 N–H and O–H groups in total. The third-order valence-corrected chi connectivity index (χ3v) is 5.72. The van der Waals surface area contributed by atoms with Crippen LogP contribution >= 0.6 is 11.3 Å². The van der Waals surface area contributed by atoms with Crippen LogP contribution < -0.4 is 26.6 Å². The van der Waals surface area contributed by atoms with E-state index in [-0.39, 0.29) is 27.8 Å². The molecule has 0 unspecified atom stereocenters. The molecule has 168 valence electrons. The van der Waals surface area contributed by atoms with Crippen LogP contribution in [-0.4, -0.2) is 54.9 Å². The highest BCUT2D eigenvalue weighted by Gasteiger charge is 2.38. The fourth-order valence-electron chi connectivity index (χ4n) is 3.24. The summed E-state index contributed by atoms with van der Waals surface area (Å²) in [7, 11) is 1.45. The van der Waals surface area contributed by atoms with Gasteiger partial charge in [-0.15, -0.1) is 0 Å². The minimum absolute atomic E-state index is 0.139. The van der Waals surface area contributed by atoms with Crippen molar-refractivity contribution in [2.45, 2.75) is 19.1 Å². The normalized spacial score (nSPS) is 15.5. The van der Waals surface area contributed by atoms with Gasteiger partial charge in [0.1, 0.15) is 16.5 Å². The van der Waals surface area contributed by atoms with Crippen molar-refractivity contribution in [3.8, 4) is 0 Å². The van der Waals surface area contributed by atoms with Crippen LogP contribution in [0.2, 0.25) is 0 Å². The van der Waals surface area contributed by atoms with Crippen molar-refractivity contribution in [3.63, 3.8) is 0 Å². The fraction of sp³-hybridized carbons (Fsp3) is 0.444. The summed E-state index contributed by atoms with van der Waals surface area (Å²) in [5.41, 5.74) is 5.57. The molecule has 0 aliphatic carbocycles. The number of thiazole rings is 1.